The molecule has 0 saturated heterocycles. The van der Waals surface area contributed by atoms with Gasteiger partial charge in [-0.05, 0) is 103 Å². The van der Waals surface area contributed by atoms with Crippen molar-refractivity contribution >= 4 is 17.9 Å². The minimum atomic E-state index is -0.808. The number of allylic oxidation sites excluding steroid dienone is 18. The largest absolute Gasteiger partial charge is 0.462 e. The van der Waals surface area contributed by atoms with E-state index >= 15 is 0 Å². The molecule has 0 spiro atoms. The number of carbonyl (C=O) groups is 3. The molecule has 6 heteroatoms. The Hall–Kier alpha value is -3.93. The number of esters is 3. The maximum absolute atomic E-state index is 12.9. The van der Waals surface area contributed by atoms with Gasteiger partial charge in [0.05, 0.1) is 0 Å². The Kier molecular flexibility index (Phi) is 66.2. The molecule has 0 aromatic carbocycles. The molecule has 0 fully saturated rings. The van der Waals surface area contributed by atoms with E-state index < -0.39 is 6.10 Å². The summed E-state index contributed by atoms with van der Waals surface area (Å²) in [5, 5.41) is 0. The van der Waals surface area contributed by atoms with Gasteiger partial charge in [-0.2, -0.15) is 0 Å². The molecule has 0 amide bonds. The van der Waals surface area contributed by atoms with Gasteiger partial charge in [0.2, 0.25) is 0 Å². The van der Waals surface area contributed by atoms with Crippen molar-refractivity contribution in [3.05, 3.63) is 109 Å². The van der Waals surface area contributed by atoms with Crippen LogP contribution in [0.3, 0.4) is 0 Å². The van der Waals surface area contributed by atoms with Crippen molar-refractivity contribution in [2.24, 2.45) is 0 Å². The molecule has 0 aromatic heterocycles. The van der Waals surface area contributed by atoms with E-state index in [-0.39, 0.29) is 37.5 Å². The molecule has 0 heterocycles. The first kappa shape index (κ1) is 78.1. The van der Waals surface area contributed by atoms with Gasteiger partial charge in [-0.15, -0.1) is 0 Å². The third kappa shape index (κ3) is 66.9. The number of rotatable bonds is 63. The van der Waals surface area contributed by atoms with Crippen LogP contribution in [-0.4, -0.2) is 37.2 Å². The summed E-state index contributed by atoms with van der Waals surface area (Å²) in [4.78, 5) is 38.4. The monoisotopic (exact) mass is 1140 g/mol. The SMILES string of the molecule is CC/C=C\C/C=C\C/C=C\C/C=C\C/C=C\C/C=C\CCCCC(=O)OC(COC(=O)CCCCCCCCC/C=C\C/C=C\C/C=C\CC)COC(=O)CCCCCCCCCCCCCCCCCCCCCCCCCCCC. The van der Waals surface area contributed by atoms with E-state index in [1.165, 1.54) is 173 Å². The number of hydrogen-bond acceptors (Lipinski definition) is 6. The van der Waals surface area contributed by atoms with Crippen LogP contribution in [0.1, 0.15) is 335 Å². The summed E-state index contributed by atoms with van der Waals surface area (Å²) in [6.07, 6.45) is 95.5. The molecule has 0 aliphatic heterocycles. The topological polar surface area (TPSA) is 78.9 Å². The van der Waals surface area contributed by atoms with E-state index in [0.717, 1.165) is 116 Å². The molecule has 6 nitrogen and oxygen atoms in total. The second kappa shape index (κ2) is 69.6. The van der Waals surface area contributed by atoms with Crippen molar-refractivity contribution in [1.29, 1.82) is 0 Å². The second-order valence-electron chi connectivity index (χ2n) is 23.0. The Balaban J connectivity index is 4.39. The Labute approximate surface area is 508 Å². The first-order valence-corrected chi connectivity index (χ1v) is 34.9. The highest BCUT2D eigenvalue weighted by atomic mass is 16.6. The molecule has 0 N–H and O–H groups in total. The van der Waals surface area contributed by atoms with Crippen LogP contribution in [0.2, 0.25) is 0 Å². The third-order valence-electron chi connectivity index (χ3n) is 15.0. The lowest BCUT2D eigenvalue weighted by Crippen LogP contribution is -2.30. The number of hydrogen-bond donors (Lipinski definition) is 0. The molecule has 82 heavy (non-hydrogen) atoms. The lowest BCUT2D eigenvalue weighted by Gasteiger charge is -2.18. The van der Waals surface area contributed by atoms with Crippen molar-refractivity contribution < 1.29 is 28.6 Å². The molecule has 1 atom stereocenters. The summed E-state index contributed by atoms with van der Waals surface area (Å²) in [5.74, 6) is -0.939. The average Bonchev–Trinajstić information content (AvgIpc) is 3.47. The van der Waals surface area contributed by atoms with Gasteiger partial charge in [-0.25, -0.2) is 0 Å². The smallest absolute Gasteiger partial charge is 0.306 e. The fourth-order valence-corrected chi connectivity index (χ4v) is 9.88. The maximum Gasteiger partial charge on any atom is 0.306 e. The van der Waals surface area contributed by atoms with Crippen LogP contribution in [0, 0.1) is 0 Å². The van der Waals surface area contributed by atoms with Crippen LogP contribution in [0.25, 0.3) is 0 Å². The van der Waals surface area contributed by atoms with Crippen LogP contribution >= 0.6 is 0 Å². The first-order chi connectivity index (χ1) is 40.5. The number of unbranched alkanes of at least 4 members (excludes halogenated alkanes) is 34. The quantitative estimate of drug-likeness (QED) is 0.0261. The van der Waals surface area contributed by atoms with Gasteiger partial charge >= 0.3 is 17.9 Å². The first-order valence-electron chi connectivity index (χ1n) is 34.9. The van der Waals surface area contributed by atoms with Gasteiger partial charge in [0.15, 0.2) is 6.10 Å². The standard InChI is InChI=1S/C76H130O6/c1-4-7-10-13-16-19-22-25-28-31-33-35-36-37-38-39-41-42-45-48-51-54-57-60-63-66-69-75(78)81-72-73(71-80-74(77)68-65-62-59-56-53-50-47-44-30-27-24-21-18-15-12-9-6-3)82-76(79)70-67-64-61-58-55-52-49-46-43-40-34-32-29-26-23-20-17-14-11-8-5-2/h8-9,11-12,17-18,20-21,26-27,29-30,34,40,46,49,55,58,73H,4-7,10,13-16,19,22-25,28,31-33,35-39,41-45,47-48,50-54,56-57,59-72H2,1-3H3/b11-8-,12-9-,20-17-,21-18-,29-26-,30-27-,40-34-,49-46-,58-55-. The zero-order chi connectivity index (χ0) is 59.2. The lowest BCUT2D eigenvalue weighted by atomic mass is 10.0. The van der Waals surface area contributed by atoms with Crippen LogP contribution in [0.5, 0.6) is 0 Å². The van der Waals surface area contributed by atoms with Crippen molar-refractivity contribution in [3.8, 4) is 0 Å². The fraction of sp³-hybridized carbons (Fsp3) is 0.724. The van der Waals surface area contributed by atoms with Crippen molar-refractivity contribution in [2.45, 2.75) is 341 Å². The molecule has 470 valence electrons. The molecule has 1 unspecified atom stereocenters. The van der Waals surface area contributed by atoms with E-state index in [1.54, 1.807) is 0 Å². The third-order valence-corrected chi connectivity index (χ3v) is 15.0. The summed E-state index contributed by atoms with van der Waals surface area (Å²) in [7, 11) is 0. The van der Waals surface area contributed by atoms with Crippen LogP contribution in [0.4, 0.5) is 0 Å². The van der Waals surface area contributed by atoms with Crippen LogP contribution in [0.15, 0.2) is 109 Å². The zero-order valence-corrected chi connectivity index (χ0v) is 54.0. The molecule has 0 radical (unpaired) electrons. The maximum atomic E-state index is 12.9. The molecule has 0 aliphatic rings. The lowest BCUT2D eigenvalue weighted by molar-refractivity contribution is -0.167. The highest BCUT2D eigenvalue weighted by molar-refractivity contribution is 5.71. The highest BCUT2D eigenvalue weighted by Crippen LogP contribution is 2.18. The molecule has 0 aromatic rings. The van der Waals surface area contributed by atoms with Crippen molar-refractivity contribution in [2.75, 3.05) is 13.2 Å². The van der Waals surface area contributed by atoms with Crippen LogP contribution in [-0.2, 0) is 28.6 Å². The van der Waals surface area contributed by atoms with E-state index in [0.29, 0.717) is 19.3 Å². The zero-order valence-electron chi connectivity index (χ0n) is 54.0. The second-order valence-corrected chi connectivity index (χ2v) is 23.0. The summed E-state index contributed by atoms with van der Waals surface area (Å²) < 4.78 is 16.9. The van der Waals surface area contributed by atoms with E-state index in [2.05, 4.69) is 130 Å². The minimum absolute atomic E-state index is 0.0976. The summed E-state index contributed by atoms with van der Waals surface area (Å²) in [6.45, 7) is 6.41. The number of ether oxygens (including phenoxy) is 3. The van der Waals surface area contributed by atoms with E-state index in [1.807, 2.05) is 0 Å². The molecule has 0 saturated carbocycles. The fourth-order valence-electron chi connectivity index (χ4n) is 9.88. The van der Waals surface area contributed by atoms with Gasteiger partial charge in [-0.3, -0.25) is 14.4 Å². The molecular formula is C76H130O6. The predicted molar refractivity (Wildman–Crippen MR) is 357 cm³/mol. The highest BCUT2D eigenvalue weighted by Gasteiger charge is 2.19. The molecule has 0 aliphatic carbocycles. The summed E-state index contributed by atoms with van der Waals surface area (Å²) in [6, 6.07) is 0. The Morgan fingerprint density at radius 1 is 0.256 bits per heavy atom. The summed E-state index contributed by atoms with van der Waals surface area (Å²) >= 11 is 0. The normalized spacial score (nSPS) is 12.8. The Bertz CT molecular complexity index is 1640. The Morgan fingerprint density at radius 3 is 0.768 bits per heavy atom. The van der Waals surface area contributed by atoms with Crippen molar-refractivity contribution in [1.82, 2.24) is 0 Å². The predicted octanol–water partition coefficient (Wildman–Crippen LogP) is 24.2. The van der Waals surface area contributed by atoms with Gasteiger partial charge in [0.1, 0.15) is 13.2 Å². The molecular weight excluding hydrogens is 1010 g/mol. The van der Waals surface area contributed by atoms with Crippen molar-refractivity contribution in [3.63, 3.8) is 0 Å². The molecule has 0 bridgehead atoms. The summed E-state index contributed by atoms with van der Waals surface area (Å²) in [5.41, 5.74) is 0. The average molecular weight is 1140 g/mol. The van der Waals surface area contributed by atoms with E-state index in [9.17, 15) is 14.4 Å². The van der Waals surface area contributed by atoms with Gasteiger partial charge in [-0.1, -0.05) is 323 Å². The van der Waals surface area contributed by atoms with Crippen LogP contribution < -0.4 is 0 Å². The molecule has 0 rings (SSSR count). The minimum Gasteiger partial charge on any atom is -0.462 e. The van der Waals surface area contributed by atoms with Gasteiger partial charge in [0.25, 0.3) is 0 Å². The van der Waals surface area contributed by atoms with E-state index in [4.69, 9.17) is 14.2 Å². The van der Waals surface area contributed by atoms with Gasteiger partial charge in [0, 0.05) is 19.3 Å². The van der Waals surface area contributed by atoms with Gasteiger partial charge < -0.3 is 14.2 Å². The Morgan fingerprint density at radius 2 is 0.476 bits per heavy atom. The number of carbonyl (C=O) groups excluding carboxylic acids is 3.